The summed E-state index contributed by atoms with van der Waals surface area (Å²) in [5.41, 5.74) is 2.01. The third kappa shape index (κ3) is 2.79. The van der Waals surface area contributed by atoms with Crippen LogP contribution in [0.1, 0.15) is 33.9 Å². The summed E-state index contributed by atoms with van der Waals surface area (Å²) in [5, 5.41) is 11.8. The van der Waals surface area contributed by atoms with Gasteiger partial charge in [-0.2, -0.15) is 5.10 Å². The predicted molar refractivity (Wildman–Crippen MR) is 77.7 cm³/mol. The Morgan fingerprint density at radius 1 is 1.32 bits per heavy atom. The number of ether oxygens (including phenoxy) is 1. The van der Waals surface area contributed by atoms with Gasteiger partial charge < -0.3 is 14.2 Å². The van der Waals surface area contributed by atoms with Crippen molar-refractivity contribution >= 4 is 5.91 Å². The van der Waals surface area contributed by atoms with E-state index in [1.165, 1.54) is 0 Å². The zero-order chi connectivity index (χ0) is 15.7. The smallest absolute Gasteiger partial charge is 0.259 e. The lowest BCUT2D eigenvalue weighted by Crippen LogP contribution is -2.31. The van der Waals surface area contributed by atoms with Crippen molar-refractivity contribution in [1.82, 2.24) is 20.3 Å². The van der Waals surface area contributed by atoms with Gasteiger partial charge in [-0.1, -0.05) is 5.16 Å². The molecular weight excluding hydrogens is 284 g/mol. The van der Waals surface area contributed by atoms with E-state index in [2.05, 4.69) is 15.4 Å². The van der Waals surface area contributed by atoms with Gasteiger partial charge >= 0.3 is 0 Å². The summed E-state index contributed by atoms with van der Waals surface area (Å²) in [6, 6.07) is 3.64. The first-order valence-corrected chi connectivity index (χ1v) is 7.23. The summed E-state index contributed by atoms with van der Waals surface area (Å²) in [7, 11) is 0. The molecule has 0 unspecified atom stereocenters. The summed E-state index contributed by atoms with van der Waals surface area (Å²) >= 11 is 0. The fourth-order valence-corrected chi connectivity index (χ4v) is 2.58. The minimum atomic E-state index is -0.0681. The summed E-state index contributed by atoms with van der Waals surface area (Å²) in [6.07, 6.45) is 0.700. The number of nitrogens with zero attached hydrogens (tertiary/aromatic N) is 4. The fraction of sp³-hybridized carbons (Fsp3) is 0.467. The number of aromatic nitrogens is 3. The van der Waals surface area contributed by atoms with Gasteiger partial charge in [-0.25, -0.2) is 0 Å². The number of likely N-dealkylation sites (tertiary alicyclic amines) is 1. The summed E-state index contributed by atoms with van der Waals surface area (Å²) in [4.78, 5) is 14.3. The van der Waals surface area contributed by atoms with Crippen molar-refractivity contribution in [2.24, 2.45) is 0 Å². The van der Waals surface area contributed by atoms with Crippen LogP contribution >= 0.6 is 0 Å². The van der Waals surface area contributed by atoms with Crippen molar-refractivity contribution in [1.29, 1.82) is 0 Å². The SMILES string of the molecule is Cc1ccc(O[C@H]2CCN(C(=O)c3c(C)noc3C)C2)nn1. The molecule has 1 aliphatic rings. The second-order valence-corrected chi connectivity index (χ2v) is 5.49. The quantitative estimate of drug-likeness (QED) is 0.858. The van der Waals surface area contributed by atoms with Gasteiger partial charge in [0, 0.05) is 19.0 Å². The van der Waals surface area contributed by atoms with Gasteiger partial charge in [-0.3, -0.25) is 4.79 Å². The minimum Gasteiger partial charge on any atom is -0.471 e. The van der Waals surface area contributed by atoms with Crippen molar-refractivity contribution in [2.75, 3.05) is 13.1 Å². The highest BCUT2D eigenvalue weighted by molar-refractivity contribution is 5.96. The third-order valence-electron chi connectivity index (χ3n) is 3.74. The van der Waals surface area contributed by atoms with E-state index in [0.717, 1.165) is 12.1 Å². The zero-order valence-electron chi connectivity index (χ0n) is 12.9. The monoisotopic (exact) mass is 302 g/mol. The van der Waals surface area contributed by atoms with Gasteiger partial charge in [-0.15, -0.1) is 5.10 Å². The van der Waals surface area contributed by atoms with E-state index in [4.69, 9.17) is 9.26 Å². The van der Waals surface area contributed by atoms with Crippen molar-refractivity contribution in [2.45, 2.75) is 33.3 Å². The van der Waals surface area contributed by atoms with Crippen LogP contribution in [-0.4, -0.2) is 45.4 Å². The fourth-order valence-electron chi connectivity index (χ4n) is 2.58. The number of hydrogen-bond acceptors (Lipinski definition) is 6. The molecule has 1 aliphatic heterocycles. The number of carbonyl (C=O) groups is 1. The predicted octanol–water partition coefficient (Wildman–Crippen LogP) is 1.68. The number of aryl methyl sites for hydroxylation is 3. The lowest BCUT2D eigenvalue weighted by atomic mass is 10.2. The molecule has 116 valence electrons. The molecule has 0 N–H and O–H groups in total. The Bertz CT molecular complexity index is 661. The molecule has 3 rings (SSSR count). The molecular formula is C15H18N4O3. The molecule has 2 aromatic rings. The average Bonchev–Trinajstić information content (AvgIpc) is 3.08. The van der Waals surface area contributed by atoms with E-state index in [1.54, 1.807) is 24.8 Å². The molecule has 0 aromatic carbocycles. The average molecular weight is 302 g/mol. The first-order chi connectivity index (χ1) is 10.5. The Morgan fingerprint density at radius 2 is 2.14 bits per heavy atom. The Kier molecular flexibility index (Phi) is 3.79. The topological polar surface area (TPSA) is 81.4 Å². The highest BCUT2D eigenvalue weighted by Gasteiger charge is 2.31. The van der Waals surface area contributed by atoms with Gasteiger partial charge in [0.2, 0.25) is 5.88 Å². The van der Waals surface area contributed by atoms with Crippen LogP contribution in [0.2, 0.25) is 0 Å². The van der Waals surface area contributed by atoms with E-state index < -0.39 is 0 Å². The number of carbonyl (C=O) groups excluding carboxylic acids is 1. The second-order valence-electron chi connectivity index (χ2n) is 5.49. The van der Waals surface area contributed by atoms with E-state index in [-0.39, 0.29) is 12.0 Å². The number of amides is 1. The van der Waals surface area contributed by atoms with Gasteiger partial charge in [0.15, 0.2) is 0 Å². The first kappa shape index (κ1) is 14.5. The maximum atomic E-state index is 12.5. The molecule has 3 heterocycles. The molecule has 0 radical (unpaired) electrons. The minimum absolute atomic E-state index is 0.0580. The largest absolute Gasteiger partial charge is 0.471 e. The van der Waals surface area contributed by atoms with E-state index >= 15 is 0 Å². The summed E-state index contributed by atoms with van der Waals surface area (Å²) < 4.78 is 10.8. The van der Waals surface area contributed by atoms with Gasteiger partial charge in [0.25, 0.3) is 5.91 Å². The van der Waals surface area contributed by atoms with Crippen molar-refractivity contribution < 1.29 is 14.1 Å². The van der Waals surface area contributed by atoms with Gasteiger partial charge in [0.1, 0.15) is 17.4 Å². The molecule has 0 spiro atoms. The molecule has 1 atom stereocenters. The number of hydrogen-bond donors (Lipinski definition) is 0. The molecule has 0 bridgehead atoms. The number of rotatable bonds is 3. The highest BCUT2D eigenvalue weighted by atomic mass is 16.5. The summed E-state index contributed by atoms with van der Waals surface area (Å²) in [5.74, 6) is 0.982. The lowest BCUT2D eigenvalue weighted by Gasteiger charge is -2.16. The van der Waals surface area contributed by atoms with Crippen LogP contribution in [-0.2, 0) is 0 Å². The van der Waals surface area contributed by atoms with Crippen molar-refractivity contribution in [3.05, 3.63) is 34.8 Å². The third-order valence-corrected chi connectivity index (χ3v) is 3.74. The van der Waals surface area contributed by atoms with Crippen molar-refractivity contribution in [3.63, 3.8) is 0 Å². The van der Waals surface area contributed by atoms with Crippen LogP contribution in [0.15, 0.2) is 16.7 Å². The Balaban J connectivity index is 1.65. The van der Waals surface area contributed by atoms with E-state index in [1.807, 2.05) is 13.0 Å². The Morgan fingerprint density at radius 3 is 2.77 bits per heavy atom. The first-order valence-electron chi connectivity index (χ1n) is 7.23. The second kappa shape index (κ2) is 5.75. The van der Waals surface area contributed by atoms with E-state index in [9.17, 15) is 4.79 Å². The maximum Gasteiger partial charge on any atom is 0.259 e. The van der Waals surface area contributed by atoms with Crippen LogP contribution in [0.5, 0.6) is 5.88 Å². The van der Waals surface area contributed by atoms with Crippen LogP contribution < -0.4 is 4.74 Å². The standard InChI is InChI=1S/C15H18N4O3/c1-9-4-5-13(17-16-9)21-12-6-7-19(8-12)15(20)14-10(2)18-22-11(14)3/h4-5,12H,6-8H2,1-3H3/t12-/m0/s1. The highest BCUT2D eigenvalue weighted by Crippen LogP contribution is 2.21. The lowest BCUT2D eigenvalue weighted by molar-refractivity contribution is 0.0768. The molecule has 1 fully saturated rings. The molecule has 22 heavy (non-hydrogen) atoms. The normalized spacial score (nSPS) is 17.8. The summed E-state index contributed by atoms with van der Waals surface area (Å²) in [6.45, 7) is 6.57. The van der Waals surface area contributed by atoms with Crippen molar-refractivity contribution in [3.8, 4) is 5.88 Å². The van der Waals surface area contributed by atoms with Crippen LogP contribution in [0, 0.1) is 20.8 Å². The van der Waals surface area contributed by atoms with E-state index in [0.29, 0.717) is 36.0 Å². The Hall–Kier alpha value is -2.44. The molecule has 1 saturated heterocycles. The van der Waals surface area contributed by atoms with Crippen LogP contribution in [0.3, 0.4) is 0 Å². The van der Waals surface area contributed by atoms with Crippen LogP contribution in [0.4, 0.5) is 0 Å². The Labute approximate surface area is 128 Å². The van der Waals surface area contributed by atoms with Gasteiger partial charge in [0.05, 0.1) is 17.9 Å². The molecule has 7 nitrogen and oxygen atoms in total. The zero-order valence-corrected chi connectivity index (χ0v) is 12.9. The van der Waals surface area contributed by atoms with Crippen LogP contribution in [0.25, 0.3) is 0 Å². The van der Waals surface area contributed by atoms with Gasteiger partial charge in [-0.05, 0) is 26.8 Å². The molecule has 0 aliphatic carbocycles. The maximum absolute atomic E-state index is 12.5. The molecule has 0 saturated carbocycles. The molecule has 7 heteroatoms. The molecule has 2 aromatic heterocycles. The molecule has 1 amide bonds.